The summed E-state index contributed by atoms with van der Waals surface area (Å²) in [6, 6.07) is 9.63. The number of anilines is 2. The van der Waals surface area contributed by atoms with Crippen LogP contribution in [-0.2, 0) is 9.59 Å². The maximum Gasteiger partial charge on any atom is 0.256 e. The van der Waals surface area contributed by atoms with Crippen molar-refractivity contribution < 1.29 is 14.0 Å². The van der Waals surface area contributed by atoms with Crippen molar-refractivity contribution in [3.63, 3.8) is 0 Å². The predicted molar refractivity (Wildman–Crippen MR) is 87.4 cm³/mol. The van der Waals surface area contributed by atoms with Gasteiger partial charge in [0.1, 0.15) is 11.9 Å². The lowest BCUT2D eigenvalue weighted by atomic mass is 10.2. The van der Waals surface area contributed by atoms with Gasteiger partial charge < -0.3 is 5.32 Å². The minimum atomic E-state index is -0.842. The molecule has 3 rings (SSSR count). The van der Waals surface area contributed by atoms with Crippen LogP contribution in [0.4, 0.5) is 15.8 Å². The Bertz CT molecular complexity index is 797. The van der Waals surface area contributed by atoms with Crippen LogP contribution in [0.15, 0.2) is 42.5 Å². The molecule has 0 radical (unpaired) electrons. The van der Waals surface area contributed by atoms with Crippen LogP contribution in [0.5, 0.6) is 0 Å². The van der Waals surface area contributed by atoms with Gasteiger partial charge in [-0.25, -0.2) is 9.29 Å². The molecule has 1 heterocycles. The highest BCUT2D eigenvalue weighted by Gasteiger charge is 2.40. The first-order valence-electron chi connectivity index (χ1n) is 6.80. The molecule has 1 N–H and O–H groups in total. The van der Waals surface area contributed by atoms with Crippen molar-refractivity contribution in [2.75, 3.05) is 10.2 Å². The molecule has 1 saturated heterocycles. The highest BCUT2D eigenvalue weighted by atomic mass is 35.5. The van der Waals surface area contributed by atoms with Gasteiger partial charge in [0.25, 0.3) is 5.91 Å². The number of hydrogen-bond donors (Lipinski definition) is 1. The molecule has 2 aromatic rings. The van der Waals surface area contributed by atoms with E-state index in [1.165, 1.54) is 24.3 Å². The van der Waals surface area contributed by atoms with Gasteiger partial charge in [-0.3, -0.25) is 9.59 Å². The lowest BCUT2D eigenvalue weighted by Gasteiger charge is -2.17. The number of para-hydroxylation sites is 1. The number of halogens is 3. The third kappa shape index (κ3) is 3.02. The molecule has 1 aliphatic heterocycles. The molecule has 7 heteroatoms. The Morgan fingerprint density at radius 2 is 1.87 bits per heavy atom. The number of benzene rings is 2. The molecular weight excluding hydrogens is 342 g/mol. The van der Waals surface area contributed by atoms with Crippen LogP contribution >= 0.6 is 23.2 Å². The van der Waals surface area contributed by atoms with Crippen molar-refractivity contribution in [2.24, 2.45) is 0 Å². The normalized spacial score (nSPS) is 17.7. The number of carbonyl (C=O) groups excluding carboxylic acids is 2. The Hall–Kier alpha value is -2.11. The monoisotopic (exact) mass is 352 g/mol. The molecule has 1 aliphatic rings. The summed E-state index contributed by atoms with van der Waals surface area (Å²) >= 11 is 11.9. The molecule has 0 saturated carbocycles. The first kappa shape index (κ1) is 15.8. The van der Waals surface area contributed by atoms with Gasteiger partial charge >= 0.3 is 0 Å². The maximum absolute atomic E-state index is 13.7. The lowest BCUT2D eigenvalue weighted by Crippen LogP contribution is -2.35. The second-order valence-corrected chi connectivity index (χ2v) is 5.89. The van der Waals surface area contributed by atoms with E-state index in [2.05, 4.69) is 5.32 Å². The fourth-order valence-electron chi connectivity index (χ4n) is 2.43. The van der Waals surface area contributed by atoms with Crippen LogP contribution in [0, 0.1) is 5.82 Å². The van der Waals surface area contributed by atoms with E-state index in [0.29, 0.717) is 5.02 Å². The second-order valence-electron chi connectivity index (χ2n) is 5.04. The van der Waals surface area contributed by atoms with Crippen molar-refractivity contribution in [2.45, 2.75) is 12.5 Å². The Morgan fingerprint density at radius 3 is 2.57 bits per heavy atom. The topological polar surface area (TPSA) is 49.4 Å². The Kier molecular flexibility index (Phi) is 4.24. The van der Waals surface area contributed by atoms with Crippen LogP contribution in [0.2, 0.25) is 10.0 Å². The zero-order chi connectivity index (χ0) is 16.6. The molecule has 23 heavy (non-hydrogen) atoms. The van der Waals surface area contributed by atoms with E-state index in [9.17, 15) is 14.0 Å². The number of nitrogens with zero attached hydrogens (tertiary/aromatic N) is 1. The summed E-state index contributed by atoms with van der Waals surface area (Å²) < 4.78 is 13.7. The molecule has 1 atom stereocenters. The number of imide groups is 1. The molecule has 2 amide bonds. The lowest BCUT2D eigenvalue weighted by molar-refractivity contribution is -0.121. The summed E-state index contributed by atoms with van der Waals surface area (Å²) in [4.78, 5) is 25.7. The predicted octanol–water partition coefficient (Wildman–Crippen LogP) is 3.88. The molecule has 4 nitrogen and oxygen atoms in total. The van der Waals surface area contributed by atoms with E-state index in [1.807, 2.05) is 0 Å². The highest BCUT2D eigenvalue weighted by molar-refractivity contribution is 6.38. The van der Waals surface area contributed by atoms with Crippen LogP contribution in [0.25, 0.3) is 0 Å². The van der Waals surface area contributed by atoms with Gasteiger partial charge in [0.15, 0.2) is 0 Å². The zero-order valence-corrected chi connectivity index (χ0v) is 13.2. The molecule has 1 unspecified atom stereocenters. The van der Waals surface area contributed by atoms with Crippen molar-refractivity contribution in [1.82, 2.24) is 0 Å². The average molecular weight is 353 g/mol. The number of rotatable bonds is 3. The Morgan fingerprint density at radius 1 is 1.13 bits per heavy atom. The first-order chi connectivity index (χ1) is 11.0. The first-order valence-corrected chi connectivity index (χ1v) is 7.56. The van der Waals surface area contributed by atoms with Crippen molar-refractivity contribution >= 4 is 46.4 Å². The Balaban J connectivity index is 1.87. The van der Waals surface area contributed by atoms with Gasteiger partial charge in [-0.2, -0.15) is 0 Å². The van der Waals surface area contributed by atoms with Crippen molar-refractivity contribution in [1.29, 1.82) is 0 Å². The second kappa shape index (κ2) is 6.18. The van der Waals surface area contributed by atoms with Crippen LogP contribution < -0.4 is 10.2 Å². The van der Waals surface area contributed by atoms with E-state index in [1.54, 1.807) is 18.2 Å². The molecule has 0 aromatic heterocycles. The molecule has 2 aromatic carbocycles. The van der Waals surface area contributed by atoms with Crippen LogP contribution in [-0.4, -0.2) is 17.9 Å². The summed E-state index contributed by atoms with van der Waals surface area (Å²) in [5.74, 6) is -1.38. The van der Waals surface area contributed by atoms with Crippen LogP contribution in [0.3, 0.4) is 0 Å². The smallest absolute Gasteiger partial charge is 0.256 e. The third-order valence-electron chi connectivity index (χ3n) is 3.50. The van der Waals surface area contributed by atoms with Gasteiger partial charge in [-0.15, -0.1) is 0 Å². The number of amides is 2. The molecule has 0 spiro atoms. The fourth-order valence-corrected chi connectivity index (χ4v) is 2.92. The molecule has 0 aliphatic carbocycles. The summed E-state index contributed by atoms with van der Waals surface area (Å²) in [6.45, 7) is 0. The largest absolute Gasteiger partial charge is 0.371 e. The van der Waals surface area contributed by atoms with Crippen molar-refractivity contribution in [3.8, 4) is 0 Å². The van der Waals surface area contributed by atoms with Crippen LogP contribution in [0.1, 0.15) is 6.42 Å². The molecular formula is C16H11Cl2FN2O2. The van der Waals surface area contributed by atoms with E-state index in [-0.39, 0.29) is 22.8 Å². The quantitative estimate of drug-likeness (QED) is 0.852. The zero-order valence-electron chi connectivity index (χ0n) is 11.7. The van der Waals surface area contributed by atoms with Gasteiger partial charge in [0, 0.05) is 5.02 Å². The number of hydrogen-bond acceptors (Lipinski definition) is 3. The minimum absolute atomic E-state index is 0.0773. The highest BCUT2D eigenvalue weighted by Crippen LogP contribution is 2.33. The fraction of sp³-hybridized carbons (Fsp3) is 0.125. The summed E-state index contributed by atoms with van der Waals surface area (Å²) in [5, 5.41) is 3.37. The average Bonchev–Trinajstić information content (AvgIpc) is 2.77. The van der Waals surface area contributed by atoms with E-state index < -0.39 is 23.7 Å². The summed E-state index contributed by atoms with van der Waals surface area (Å²) in [7, 11) is 0. The standard InChI is InChI=1S/C16H11Cl2FN2O2/c17-9-5-6-14(10(18)7-9)21-15(22)8-13(16(21)23)20-12-4-2-1-3-11(12)19/h1-7,13,20H,8H2. The third-order valence-corrected chi connectivity index (χ3v) is 4.04. The molecule has 1 fully saturated rings. The minimum Gasteiger partial charge on any atom is -0.371 e. The van der Waals surface area contributed by atoms with E-state index >= 15 is 0 Å². The molecule has 0 bridgehead atoms. The number of carbonyl (C=O) groups is 2. The summed E-state index contributed by atoms with van der Waals surface area (Å²) in [5.41, 5.74) is 0.437. The van der Waals surface area contributed by atoms with Gasteiger partial charge in [-0.05, 0) is 30.3 Å². The maximum atomic E-state index is 13.7. The van der Waals surface area contributed by atoms with Gasteiger partial charge in [-0.1, -0.05) is 35.3 Å². The number of nitrogens with one attached hydrogen (secondary N) is 1. The molecule has 118 valence electrons. The van der Waals surface area contributed by atoms with Crippen molar-refractivity contribution in [3.05, 3.63) is 58.3 Å². The van der Waals surface area contributed by atoms with Gasteiger partial charge in [0.05, 0.1) is 22.8 Å². The van der Waals surface area contributed by atoms with Gasteiger partial charge in [0.2, 0.25) is 5.91 Å². The summed E-state index contributed by atoms with van der Waals surface area (Å²) in [6.07, 6.45) is -0.0773. The SMILES string of the molecule is O=C1CC(Nc2ccccc2F)C(=O)N1c1ccc(Cl)cc1Cl. The van der Waals surface area contributed by atoms with E-state index in [0.717, 1.165) is 4.90 Å². The van der Waals surface area contributed by atoms with E-state index in [4.69, 9.17) is 23.2 Å². The Labute approximate surface area is 141 Å².